The van der Waals surface area contributed by atoms with Crippen LogP contribution in [0.2, 0.25) is 0 Å². The number of nitrogens with one attached hydrogen (secondary N) is 1. The summed E-state index contributed by atoms with van der Waals surface area (Å²) in [6.07, 6.45) is 0. The van der Waals surface area contributed by atoms with E-state index in [1.807, 2.05) is 0 Å². The van der Waals surface area contributed by atoms with Gasteiger partial charge in [0.25, 0.3) is 0 Å². The first-order valence-corrected chi connectivity index (χ1v) is 5.02. The molecule has 0 saturated heterocycles. The second-order valence-electron chi connectivity index (χ2n) is 2.87. The lowest BCUT2D eigenvalue weighted by atomic mass is 10.2. The van der Waals surface area contributed by atoms with Gasteiger partial charge in [-0.2, -0.15) is 0 Å². The lowest BCUT2D eigenvalue weighted by Gasteiger charge is -2.05. The summed E-state index contributed by atoms with van der Waals surface area (Å²) >= 11 is 1.71. The van der Waals surface area contributed by atoms with E-state index in [1.165, 1.54) is 16.0 Å². The van der Waals surface area contributed by atoms with E-state index in [1.54, 1.807) is 11.9 Å². The lowest BCUT2D eigenvalue weighted by molar-refractivity contribution is 1.03. The summed E-state index contributed by atoms with van der Waals surface area (Å²) in [4.78, 5) is 1.33. The van der Waals surface area contributed by atoms with Crippen LogP contribution >= 0.6 is 11.9 Å². The highest BCUT2D eigenvalue weighted by Crippen LogP contribution is 2.20. The Morgan fingerprint density at radius 2 is 2.08 bits per heavy atom. The van der Waals surface area contributed by atoms with Crippen molar-refractivity contribution in [2.75, 3.05) is 6.54 Å². The molecule has 0 unspecified atom stereocenters. The fourth-order valence-electron chi connectivity index (χ4n) is 0.967. The van der Waals surface area contributed by atoms with Crippen LogP contribution in [0.5, 0.6) is 0 Å². The molecular formula is C10H15NS. The summed E-state index contributed by atoms with van der Waals surface area (Å²) in [5.74, 6) is 0. The maximum atomic E-state index is 3.25. The van der Waals surface area contributed by atoms with E-state index in [0.29, 0.717) is 0 Å². The molecule has 12 heavy (non-hydrogen) atoms. The van der Waals surface area contributed by atoms with Gasteiger partial charge in [0.2, 0.25) is 0 Å². The molecule has 0 bridgehead atoms. The molecule has 0 fully saturated rings. The van der Waals surface area contributed by atoms with Gasteiger partial charge in [-0.15, -0.1) is 0 Å². The molecule has 2 heteroatoms. The van der Waals surface area contributed by atoms with Crippen LogP contribution in [0.1, 0.15) is 18.1 Å². The van der Waals surface area contributed by atoms with Crippen LogP contribution in [0.4, 0.5) is 0 Å². The molecule has 1 rings (SSSR count). The number of hydrogen-bond donors (Lipinski definition) is 1. The zero-order valence-corrected chi connectivity index (χ0v) is 8.66. The van der Waals surface area contributed by atoms with Crippen LogP contribution in [0.15, 0.2) is 23.1 Å². The van der Waals surface area contributed by atoms with Gasteiger partial charge < -0.3 is 0 Å². The first kappa shape index (κ1) is 9.62. The fraction of sp³-hybridized carbons (Fsp3) is 0.400. The number of benzene rings is 1. The molecule has 0 radical (unpaired) electrons. The van der Waals surface area contributed by atoms with E-state index >= 15 is 0 Å². The van der Waals surface area contributed by atoms with Crippen LogP contribution in [0, 0.1) is 13.8 Å². The van der Waals surface area contributed by atoms with Crippen molar-refractivity contribution in [2.24, 2.45) is 0 Å². The Bertz CT molecular complexity index is 258. The molecule has 1 aromatic carbocycles. The van der Waals surface area contributed by atoms with Crippen LogP contribution in [0.25, 0.3) is 0 Å². The van der Waals surface area contributed by atoms with Crippen LogP contribution < -0.4 is 4.72 Å². The number of hydrogen-bond acceptors (Lipinski definition) is 2. The van der Waals surface area contributed by atoms with Gasteiger partial charge in [0.1, 0.15) is 0 Å². The van der Waals surface area contributed by atoms with Crippen molar-refractivity contribution in [1.82, 2.24) is 4.72 Å². The molecule has 0 amide bonds. The van der Waals surface area contributed by atoms with Crippen molar-refractivity contribution in [1.29, 1.82) is 0 Å². The zero-order valence-electron chi connectivity index (χ0n) is 7.85. The highest BCUT2D eigenvalue weighted by molar-refractivity contribution is 7.97. The minimum Gasteiger partial charge on any atom is -0.260 e. The zero-order chi connectivity index (χ0) is 8.97. The van der Waals surface area contributed by atoms with Crippen molar-refractivity contribution < 1.29 is 0 Å². The maximum Gasteiger partial charge on any atom is 0.0259 e. The molecule has 0 saturated carbocycles. The van der Waals surface area contributed by atoms with Gasteiger partial charge in [0.15, 0.2) is 0 Å². The maximum absolute atomic E-state index is 3.25. The van der Waals surface area contributed by atoms with E-state index < -0.39 is 0 Å². The van der Waals surface area contributed by atoms with Gasteiger partial charge in [0.05, 0.1) is 0 Å². The third-order valence-electron chi connectivity index (χ3n) is 1.67. The van der Waals surface area contributed by atoms with Crippen molar-refractivity contribution in [3.05, 3.63) is 29.3 Å². The standard InChI is InChI=1S/C10H15NS/c1-4-11-12-10-7-8(2)5-6-9(10)3/h5-7,11H,4H2,1-3H3. The summed E-state index contributed by atoms with van der Waals surface area (Å²) in [7, 11) is 0. The Hall–Kier alpha value is -0.470. The van der Waals surface area contributed by atoms with Gasteiger partial charge in [-0.25, -0.2) is 0 Å². The minimum absolute atomic E-state index is 0.998. The van der Waals surface area contributed by atoms with E-state index in [4.69, 9.17) is 0 Å². The summed E-state index contributed by atoms with van der Waals surface area (Å²) in [6, 6.07) is 6.52. The number of rotatable bonds is 3. The highest BCUT2D eigenvalue weighted by Gasteiger charge is 1.97. The van der Waals surface area contributed by atoms with Crippen molar-refractivity contribution >= 4 is 11.9 Å². The predicted octanol–water partition coefficient (Wildman–Crippen LogP) is 2.92. The average molecular weight is 181 g/mol. The molecule has 0 aliphatic carbocycles. The van der Waals surface area contributed by atoms with Gasteiger partial charge >= 0.3 is 0 Å². The Kier molecular flexibility index (Phi) is 3.63. The van der Waals surface area contributed by atoms with Gasteiger partial charge in [0, 0.05) is 11.4 Å². The molecule has 1 nitrogen and oxygen atoms in total. The van der Waals surface area contributed by atoms with Crippen molar-refractivity contribution in [3.63, 3.8) is 0 Å². The van der Waals surface area contributed by atoms with Crippen LogP contribution in [0.3, 0.4) is 0 Å². The Morgan fingerprint density at radius 3 is 2.75 bits per heavy atom. The van der Waals surface area contributed by atoms with E-state index in [2.05, 4.69) is 43.7 Å². The Labute approximate surface area is 78.7 Å². The smallest absolute Gasteiger partial charge is 0.0259 e. The first-order chi connectivity index (χ1) is 5.74. The highest BCUT2D eigenvalue weighted by atomic mass is 32.2. The largest absolute Gasteiger partial charge is 0.260 e. The van der Waals surface area contributed by atoms with E-state index in [0.717, 1.165) is 6.54 Å². The third kappa shape index (κ3) is 2.54. The third-order valence-corrected chi connectivity index (χ3v) is 2.76. The summed E-state index contributed by atoms with van der Waals surface area (Å²) in [6.45, 7) is 7.37. The summed E-state index contributed by atoms with van der Waals surface area (Å²) in [5, 5.41) is 0. The van der Waals surface area contributed by atoms with Crippen molar-refractivity contribution in [3.8, 4) is 0 Å². The Morgan fingerprint density at radius 1 is 1.33 bits per heavy atom. The quantitative estimate of drug-likeness (QED) is 0.720. The molecule has 1 aromatic rings. The summed E-state index contributed by atoms with van der Waals surface area (Å²) < 4.78 is 3.25. The molecular weight excluding hydrogens is 166 g/mol. The van der Waals surface area contributed by atoms with Gasteiger partial charge in [-0.05, 0) is 43.0 Å². The monoisotopic (exact) mass is 181 g/mol. The minimum atomic E-state index is 0.998. The van der Waals surface area contributed by atoms with E-state index in [9.17, 15) is 0 Å². The molecule has 0 spiro atoms. The molecule has 0 aliphatic rings. The second-order valence-corrected chi connectivity index (χ2v) is 3.80. The number of aryl methyl sites for hydroxylation is 2. The molecule has 0 atom stereocenters. The SMILES string of the molecule is CCNSc1cc(C)ccc1C. The first-order valence-electron chi connectivity index (χ1n) is 4.21. The lowest BCUT2D eigenvalue weighted by Crippen LogP contribution is -2.00. The van der Waals surface area contributed by atoms with Gasteiger partial charge in [-0.1, -0.05) is 19.1 Å². The van der Waals surface area contributed by atoms with Gasteiger partial charge in [-0.3, -0.25) is 4.72 Å². The fourth-order valence-corrected chi connectivity index (χ4v) is 1.74. The molecule has 0 aromatic heterocycles. The predicted molar refractivity (Wildman–Crippen MR) is 55.4 cm³/mol. The normalized spacial score (nSPS) is 10.2. The summed E-state index contributed by atoms with van der Waals surface area (Å²) in [5.41, 5.74) is 2.66. The molecule has 1 N–H and O–H groups in total. The average Bonchev–Trinajstić information content (AvgIpc) is 2.07. The van der Waals surface area contributed by atoms with Crippen LogP contribution in [-0.4, -0.2) is 6.54 Å². The molecule has 0 aliphatic heterocycles. The Balaban J connectivity index is 2.75. The van der Waals surface area contributed by atoms with Crippen LogP contribution in [-0.2, 0) is 0 Å². The molecule has 0 heterocycles. The second kappa shape index (κ2) is 4.53. The topological polar surface area (TPSA) is 12.0 Å². The van der Waals surface area contributed by atoms with E-state index in [-0.39, 0.29) is 0 Å². The van der Waals surface area contributed by atoms with Crippen molar-refractivity contribution in [2.45, 2.75) is 25.7 Å². The molecule has 66 valence electrons.